The average Bonchev–Trinajstić information content (AvgIpc) is 2.71. The first kappa shape index (κ1) is 17.3. The van der Waals surface area contributed by atoms with Crippen LogP contribution in [0.4, 0.5) is 10.2 Å². The van der Waals surface area contributed by atoms with Gasteiger partial charge in [-0.15, -0.1) is 0 Å². The molecule has 1 aliphatic rings. The van der Waals surface area contributed by atoms with E-state index in [4.69, 9.17) is 0 Å². The standard InChI is InChI=1S/C20H20FN5O/c21-17-3-1-16(2-4-17)18-5-6-20(27)26(24-18)13-15-8-11-25(12-9-15)19-7-10-22-14-23-19/h1-7,10,14-15H,8-9,11-13H2. The Kier molecular flexibility index (Phi) is 4.91. The largest absolute Gasteiger partial charge is 0.357 e. The molecular formula is C20H20FN5O. The average molecular weight is 365 g/mol. The van der Waals surface area contributed by atoms with Crippen molar-refractivity contribution in [2.24, 2.45) is 5.92 Å². The summed E-state index contributed by atoms with van der Waals surface area (Å²) in [6, 6.07) is 11.3. The van der Waals surface area contributed by atoms with Crippen LogP contribution in [-0.4, -0.2) is 32.8 Å². The normalized spacial score (nSPS) is 15.1. The predicted octanol–water partition coefficient (Wildman–Crippen LogP) is 2.76. The van der Waals surface area contributed by atoms with Gasteiger partial charge in [0, 0.05) is 37.5 Å². The molecule has 0 atom stereocenters. The van der Waals surface area contributed by atoms with E-state index in [9.17, 15) is 9.18 Å². The Bertz CT molecular complexity index is 950. The molecule has 27 heavy (non-hydrogen) atoms. The van der Waals surface area contributed by atoms with Gasteiger partial charge in [0.05, 0.1) is 5.69 Å². The second-order valence-corrected chi connectivity index (χ2v) is 6.74. The van der Waals surface area contributed by atoms with Gasteiger partial charge < -0.3 is 4.90 Å². The third-order valence-electron chi connectivity index (χ3n) is 4.94. The fourth-order valence-corrected chi connectivity index (χ4v) is 3.41. The van der Waals surface area contributed by atoms with E-state index in [2.05, 4.69) is 20.0 Å². The van der Waals surface area contributed by atoms with Crippen molar-refractivity contribution >= 4 is 5.82 Å². The van der Waals surface area contributed by atoms with Gasteiger partial charge in [0.1, 0.15) is 18.0 Å². The van der Waals surface area contributed by atoms with Gasteiger partial charge >= 0.3 is 0 Å². The minimum Gasteiger partial charge on any atom is -0.357 e. The summed E-state index contributed by atoms with van der Waals surface area (Å²) in [5, 5.41) is 4.49. The number of aromatic nitrogens is 4. The molecule has 0 spiro atoms. The number of piperidine rings is 1. The van der Waals surface area contributed by atoms with Crippen molar-refractivity contribution in [1.29, 1.82) is 0 Å². The molecule has 0 unspecified atom stereocenters. The summed E-state index contributed by atoms with van der Waals surface area (Å²) in [6.07, 6.45) is 5.25. The smallest absolute Gasteiger partial charge is 0.266 e. The van der Waals surface area contributed by atoms with Crippen LogP contribution < -0.4 is 10.5 Å². The third kappa shape index (κ3) is 4.02. The third-order valence-corrected chi connectivity index (χ3v) is 4.94. The molecule has 1 saturated heterocycles. The molecule has 1 aliphatic heterocycles. The second-order valence-electron chi connectivity index (χ2n) is 6.74. The van der Waals surface area contributed by atoms with Crippen molar-refractivity contribution < 1.29 is 4.39 Å². The van der Waals surface area contributed by atoms with E-state index >= 15 is 0 Å². The molecule has 4 rings (SSSR count). The van der Waals surface area contributed by atoms with E-state index in [1.165, 1.54) is 22.9 Å². The molecule has 3 heterocycles. The van der Waals surface area contributed by atoms with Crippen LogP contribution >= 0.6 is 0 Å². The summed E-state index contributed by atoms with van der Waals surface area (Å²) < 4.78 is 14.7. The number of halogens is 1. The SMILES string of the molecule is O=c1ccc(-c2ccc(F)cc2)nn1CC1CCN(c2ccncn2)CC1. The highest BCUT2D eigenvalue weighted by atomic mass is 19.1. The van der Waals surface area contributed by atoms with Gasteiger partial charge in [-0.1, -0.05) is 0 Å². The van der Waals surface area contributed by atoms with Crippen molar-refractivity contribution in [2.75, 3.05) is 18.0 Å². The molecule has 0 amide bonds. The fourth-order valence-electron chi connectivity index (χ4n) is 3.41. The highest BCUT2D eigenvalue weighted by Crippen LogP contribution is 2.22. The van der Waals surface area contributed by atoms with Gasteiger partial charge in [-0.05, 0) is 55.2 Å². The van der Waals surface area contributed by atoms with E-state index in [1.807, 2.05) is 6.07 Å². The summed E-state index contributed by atoms with van der Waals surface area (Å²) >= 11 is 0. The van der Waals surface area contributed by atoms with E-state index in [0.29, 0.717) is 18.2 Å². The monoisotopic (exact) mass is 365 g/mol. The lowest BCUT2D eigenvalue weighted by Crippen LogP contribution is -2.37. The van der Waals surface area contributed by atoms with Gasteiger partial charge in [-0.3, -0.25) is 4.79 Å². The van der Waals surface area contributed by atoms with Crippen LogP contribution in [0.1, 0.15) is 12.8 Å². The van der Waals surface area contributed by atoms with Crippen molar-refractivity contribution in [2.45, 2.75) is 19.4 Å². The Morgan fingerprint density at radius 2 is 1.81 bits per heavy atom. The van der Waals surface area contributed by atoms with E-state index in [1.54, 1.807) is 30.7 Å². The molecule has 0 aliphatic carbocycles. The molecule has 0 N–H and O–H groups in total. The van der Waals surface area contributed by atoms with E-state index in [-0.39, 0.29) is 11.4 Å². The number of benzene rings is 1. The fraction of sp³-hybridized carbons (Fsp3) is 0.300. The van der Waals surface area contributed by atoms with Gasteiger partial charge in [0.15, 0.2) is 0 Å². The summed E-state index contributed by atoms with van der Waals surface area (Å²) in [4.78, 5) is 22.7. The molecule has 3 aromatic rings. The van der Waals surface area contributed by atoms with Crippen LogP contribution in [0.5, 0.6) is 0 Å². The highest BCUT2D eigenvalue weighted by Gasteiger charge is 2.21. The lowest BCUT2D eigenvalue weighted by atomic mass is 9.97. The number of anilines is 1. The maximum atomic E-state index is 13.1. The highest BCUT2D eigenvalue weighted by molar-refractivity contribution is 5.57. The number of rotatable bonds is 4. The summed E-state index contributed by atoms with van der Waals surface area (Å²) in [5.74, 6) is 1.04. The number of hydrogen-bond acceptors (Lipinski definition) is 5. The molecule has 0 saturated carbocycles. The molecule has 1 fully saturated rings. The van der Waals surface area contributed by atoms with E-state index < -0.39 is 0 Å². The Morgan fingerprint density at radius 3 is 2.52 bits per heavy atom. The molecule has 7 heteroatoms. The minimum absolute atomic E-state index is 0.112. The van der Waals surface area contributed by atoms with Crippen LogP contribution in [0.2, 0.25) is 0 Å². The second kappa shape index (κ2) is 7.65. The Morgan fingerprint density at radius 1 is 1.04 bits per heavy atom. The molecule has 2 aromatic heterocycles. The van der Waals surface area contributed by atoms with Gasteiger partial charge in [0.25, 0.3) is 5.56 Å². The van der Waals surface area contributed by atoms with Crippen LogP contribution in [-0.2, 0) is 6.54 Å². The summed E-state index contributed by atoms with van der Waals surface area (Å²) in [7, 11) is 0. The van der Waals surface area contributed by atoms with Crippen molar-refractivity contribution in [3.8, 4) is 11.3 Å². The van der Waals surface area contributed by atoms with Gasteiger partial charge in [-0.2, -0.15) is 5.10 Å². The Balaban J connectivity index is 1.45. The Hall–Kier alpha value is -3.09. The molecule has 6 nitrogen and oxygen atoms in total. The lowest BCUT2D eigenvalue weighted by molar-refractivity contribution is 0.335. The zero-order chi connectivity index (χ0) is 18.6. The molecule has 1 aromatic carbocycles. The maximum Gasteiger partial charge on any atom is 0.266 e. The topological polar surface area (TPSA) is 63.9 Å². The predicted molar refractivity (Wildman–Crippen MR) is 101 cm³/mol. The first-order valence-corrected chi connectivity index (χ1v) is 9.04. The first-order chi connectivity index (χ1) is 13.2. The molecule has 0 bridgehead atoms. The lowest BCUT2D eigenvalue weighted by Gasteiger charge is -2.32. The van der Waals surface area contributed by atoms with E-state index in [0.717, 1.165) is 37.3 Å². The van der Waals surface area contributed by atoms with Crippen LogP contribution in [0.25, 0.3) is 11.3 Å². The van der Waals surface area contributed by atoms with Crippen molar-refractivity contribution in [3.05, 3.63) is 71.2 Å². The summed E-state index contributed by atoms with van der Waals surface area (Å²) in [6.45, 7) is 2.38. The molecular weight excluding hydrogens is 345 g/mol. The molecule has 138 valence electrons. The number of hydrogen-bond donors (Lipinski definition) is 0. The van der Waals surface area contributed by atoms with Gasteiger partial charge in [-0.25, -0.2) is 19.0 Å². The van der Waals surface area contributed by atoms with Crippen molar-refractivity contribution in [3.63, 3.8) is 0 Å². The molecule has 0 radical (unpaired) electrons. The van der Waals surface area contributed by atoms with Crippen LogP contribution in [0, 0.1) is 11.7 Å². The zero-order valence-corrected chi connectivity index (χ0v) is 14.8. The van der Waals surface area contributed by atoms with Crippen LogP contribution in [0.15, 0.2) is 59.8 Å². The minimum atomic E-state index is -0.289. The summed E-state index contributed by atoms with van der Waals surface area (Å²) in [5.41, 5.74) is 1.36. The van der Waals surface area contributed by atoms with Crippen LogP contribution in [0.3, 0.4) is 0 Å². The first-order valence-electron chi connectivity index (χ1n) is 9.04. The Labute approximate surface area is 156 Å². The van der Waals surface area contributed by atoms with Gasteiger partial charge in [0.2, 0.25) is 0 Å². The number of nitrogens with zero attached hydrogens (tertiary/aromatic N) is 5. The van der Waals surface area contributed by atoms with Crippen molar-refractivity contribution in [1.82, 2.24) is 19.7 Å². The zero-order valence-electron chi connectivity index (χ0n) is 14.8. The quantitative estimate of drug-likeness (QED) is 0.711. The maximum absolute atomic E-state index is 13.1.